The predicted molar refractivity (Wildman–Crippen MR) is 86.2 cm³/mol. The van der Waals surface area contributed by atoms with Gasteiger partial charge in [-0.2, -0.15) is 0 Å². The Morgan fingerprint density at radius 2 is 1.77 bits per heavy atom. The number of nitrogens with zero attached hydrogens (tertiary/aromatic N) is 2. The lowest BCUT2D eigenvalue weighted by molar-refractivity contribution is 0.409. The minimum atomic E-state index is -0.293. The first kappa shape index (κ1) is 13.0. The van der Waals surface area contributed by atoms with Gasteiger partial charge >= 0.3 is 0 Å². The van der Waals surface area contributed by atoms with Crippen LogP contribution in [0.3, 0.4) is 0 Å². The van der Waals surface area contributed by atoms with Crippen LogP contribution in [0.15, 0.2) is 33.9 Å². The zero-order valence-electron chi connectivity index (χ0n) is 12.1. The molecule has 0 saturated heterocycles. The monoisotopic (exact) mass is 294 g/mol. The summed E-state index contributed by atoms with van der Waals surface area (Å²) >= 11 is 0. The van der Waals surface area contributed by atoms with Gasteiger partial charge in [0.15, 0.2) is 0 Å². The Kier molecular flexibility index (Phi) is 2.60. The van der Waals surface area contributed by atoms with Gasteiger partial charge in [0.05, 0.1) is 10.9 Å². The van der Waals surface area contributed by atoms with Crippen LogP contribution in [0.2, 0.25) is 0 Å². The number of unbranched alkanes of at least 4 members (excludes halogenated alkanes) is 1. The fraction of sp³-hybridized carbons (Fsp3) is 0.235. The molecule has 110 valence electrons. The molecule has 0 radical (unpaired) electrons. The van der Waals surface area contributed by atoms with E-state index in [1.165, 1.54) is 4.57 Å². The molecule has 2 aromatic carbocycles. The SMILES string of the molecule is CCCCn1c(O)c2ccc3nc(=O)c4ccc(c1=O)c2c34. The molecule has 0 unspecified atom stereocenters. The van der Waals surface area contributed by atoms with E-state index in [4.69, 9.17) is 0 Å². The Morgan fingerprint density at radius 3 is 2.55 bits per heavy atom. The normalized spacial score (nSPS) is 12.0. The molecule has 0 atom stereocenters. The molecule has 2 aromatic heterocycles. The standard InChI is InChI=1S/C17H14N2O3/c1-2-3-8-19-16(21)10-5-4-9-14-12(18-15(9)20)7-6-11(13(10)14)17(19)22/h4-7,22H,2-3,8H2,1H3. The second-order valence-corrected chi connectivity index (χ2v) is 5.59. The van der Waals surface area contributed by atoms with Crippen LogP contribution in [0.25, 0.3) is 32.4 Å². The van der Waals surface area contributed by atoms with E-state index in [1.807, 2.05) is 6.92 Å². The highest BCUT2D eigenvalue weighted by atomic mass is 16.3. The van der Waals surface area contributed by atoms with E-state index in [-0.39, 0.29) is 17.0 Å². The van der Waals surface area contributed by atoms with E-state index in [1.54, 1.807) is 24.3 Å². The molecule has 22 heavy (non-hydrogen) atoms. The first-order chi connectivity index (χ1) is 10.6. The summed E-state index contributed by atoms with van der Waals surface area (Å²) in [6.45, 7) is 2.52. The quantitative estimate of drug-likeness (QED) is 0.630. The number of hydrogen-bond acceptors (Lipinski definition) is 4. The summed E-state index contributed by atoms with van der Waals surface area (Å²) in [5.41, 5.74) is 0.0590. The number of aromatic nitrogens is 2. The average Bonchev–Trinajstić information content (AvgIpc) is 2.85. The molecule has 0 aliphatic heterocycles. The lowest BCUT2D eigenvalue weighted by Gasteiger charge is -2.13. The molecule has 1 N–H and O–H groups in total. The minimum Gasteiger partial charge on any atom is -0.494 e. The van der Waals surface area contributed by atoms with Crippen molar-refractivity contribution in [2.75, 3.05) is 0 Å². The van der Waals surface area contributed by atoms with Gasteiger partial charge < -0.3 is 5.11 Å². The third-order valence-corrected chi connectivity index (χ3v) is 4.30. The van der Waals surface area contributed by atoms with Gasteiger partial charge in [-0.1, -0.05) is 13.3 Å². The Hall–Kier alpha value is -2.69. The summed E-state index contributed by atoms with van der Waals surface area (Å²) < 4.78 is 1.41. The predicted octanol–water partition coefficient (Wildman–Crippen LogP) is 2.44. The highest BCUT2D eigenvalue weighted by Gasteiger charge is 2.19. The van der Waals surface area contributed by atoms with Crippen LogP contribution in [-0.2, 0) is 6.54 Å². The van der Waals surface area contributed by atoms with Gasteiger partial charge in [0.2, 0.25) is 5.88 Å². The lowest BCUT2D eigenvalue weighted by Crippen LogP contribution is -2.20. The first-order valence-electron chi connectivity index (χ1n) is 7.37. The van der Waals surface area contributed by atoms with Crippen molar-refractivity contribution in [3.63, 3.8) is 0 Å². The fourth-order valence-electron chi connectivity index (χ4n) is 3.19. The summed E-state index contributed by atoms with van der Waals surface area (Å²) in [4.78, 5) is 28.6. The Morgan fingerprint density at radius 1 is 1.05 bits per heavy atom. The lowest BCUT2D eigenvalue weighted by atomic mass is 10.00. The highest BCUT2D eigenvalue weighted by molar-refractivity contribution is 6.23. The van der Waals surface area contributed by atoms with Gasteiger partial charge in [0, 0.05) is 28.1 Å². The van der Waals surface area contributed by atoms with Crippen LogP contribution in [0.1, 0.15) is 19.8 Å². The Bertz CT molecular complexity index is 1110. The fourth-order valence-corrected chi connectivity index (χ4v) is 3.19. The number of hydrogen-bond donors (Lipinski definition) is 1. The van der Waals surface area contributed by atoms with Crippen molar-refractivity contribution in [1.82, 2.24) is 9.55 Å². The Labute approximate surface area is 125 Å². The van der Waals surface area contributed by atoms with E-state index in [0.717, 1.165) is 12.8 Å². The van der Waals surface area contributed by atoms with Crippen molar-refractivity contribution < 1.29 is 5.11 Å². The molecule has 2 heterocycles. The largest absolute Gasteiger partial charge is 0.494 e. The Balaban J connectivity index is 2.24. The minimum absolute atomic E-state index is 0.0333. The average molecular weight is 294 g/mol. The highest BCUT2D eigenvalue weighted by Crippen LogP contribution is 2.35. The maximum atomic E-state index is 12.7. The summed E-state index contributed by atoms with van der Waals surface area (Å²) in [6.07, 6.45) is 1.75. The molecular formula is C17H14N2O3. The number of aromatic hydroxyl groups is 1. The molecular weight excluding hydrogens is 280 g/mol. The molecule has 0 aliphatic rings. The third kappa shape index (κ3) is 1.51. The molecule has 4 aromatic rings. The van der Waals surface area contributed by atoms with E-state index < -0.39 is 0 Å². The number of pyridine rings is 1. The third-order valence-electron chi connectivity index (χ3n) is 4.30. The van der Waals surface area contributed by atoms with E-state index in [2.05, 4.69) is 4.98 Å². The van der Waals surface area contributed by atoms with Crippen LogP contribution in [0.4, 0.5) is 0 Å². The molecule has 0 aliphatic carbocycles. The summed E-state index contributed by atoms with van der Waals surface area (Å²) in [5, 5.41) is 13.4. The van der Waals surface area contributed by atoms with Gasteiger partial charge in [-0.05, 0) is 30.7 Å². The molecule has 0 fully saturated rings. The molecule has 5 heteroatoms. The maximum absolute atomic E-state index is 12.7. The van der Waals surface area contributed by atoms with Crippen molar-refractivity contribution in [2.24, 2.45) is 0 Å². The van der Waals surface area contributed by atoms with Crippen molar-refractivity contribution in [1.29, 1.82) is 0 Å². The van der Waals surface area contributed by atoms with Crippen molar-refractivity contribution >= 4 is 32.4 Å². The van der Waals surface area contributed by atoms with Gasteiger partial charge in [0.1, 0.15) is 0 Å². The van der Waals surface area contributed by atoms with Crippen molar-refractivity contribution in [3.05, 3.63) is 45.0 Å². The zero-order valence-corrected chi connectivity index (χ0v) is 12.1. The topological polar surface area (TPSA) is 72.2 Å². The van der Waals surface area contributed by atoms with Gasteiger partial charge in [0.25, 0.3) is 11.1 Å². The second kappa shape index (κ2) is 4.40. The van der Waals surface area contributed by atoms with Gasteiger partial charge in [-0.3, -0.25) is 14.2 Å². The van der Waals surface area contributed by atoms with Crippen LogP contribution < -0.4 is 11.1 Å². The molecule has 0 bridgehead atoms. The molecule has 0 spiro atoms. The number of rotatable bonds is 3. The smallest absolute Gasteiger partial charge is 0.278 e. The second-order valence-electron chi connectivity index (χ2n) is 5.59. The van der Waals surface area contributed by atoms with Crippen molar-refractivity contribution in [2.45, 2.75) is 26.3 Å². The van der Waals surface area contributed by atoms with E-state index in [9.17, 15) is 14.7 Å². The van der Waals surface area contributed by atoms with Crippen LogP contribution in [0, 0.1) is 0 Å². The maximum Gasteiger partial charge on any atom is 0.278 e. The van der Waals surface area contributed by atoms with E-state index >= 15 is 0 Å². The number of benzene rings is 2. The molecule has 5 nitrogen and oxygen atoms in total. The van der Waals surface area contributed by atoms with E-state index in [0.29, 0.717) is 39.0 Å². The molecule has 0 amide bonds. The van der Waals surface area contributed by atoms with Crippen LogP contribution in [0.5, 0.6) is 5.88 Å². The molecule has 4 rings (SSSR count). The van der Waals surface area contributed by atoms with Gasteiger partial charge in [-0.25, -0.2) is 4.98 Å². The van der Waals surface area contributed by atoms with Crippen molar-refractivity contribution in [3.8, 4) is 5.88 Å². The zero-order chi connectivity index (χ0) is 15.4. The van der Waals surface area contributed by atoms with Crippen LogP contribution >= 0.6 is 0 Å². The molecule has 0 saturated carbocycles. The van der Waals surface area contributed by atoms with Gasteiger partial charge in [-0.15, -0.1) is 0 Å². The summed E-state index contributed by atoms with van der Waals surface area (Å²) in [7, 11) is 0. The summed E-state index contributed by atoms with van der Waals surface area (Å²) in [5.74, 6) is -0.0333. The first-order valence-corrected chi connectivity index (χ1v) is 7.37. The summed E-state index contributed by atoms with van der Waals surface area (Å²) in [6, 6.07) is 6.77. The van der Waals surface area contributed by atoms with Crippen LogP contribution in [-0.4, -0.2) is 14.7 Å².